The van der Waals surface area contributed by atoms with Crippen molar-refractivity contribution in [1.82, 2.24) is 9.62 Å². The fraction of sp³-hybridized carbons (Fsp3) is 0.611. The smallest absolute Gasteiger partial charge is 0.253 e. The maximum absolute atomic E-state index is 12.7. The van der Waals surface area contributed by atoms with Crippen LogP contribution in [0.25, 0.3) is 0 Å². The number of rotatable bonds is 8. The Morgan fingerprint density at radius 2 is 1.76 bits per heavy atom. The Kier molecular flexibility index (Phi) is 7.59. The Morgan fingerprint density at radius 3 is 2.20 bits per heavy atom. The number of benzene rings is 1. The molecule has 6 nitrogen and oxygen atoms in total. The van der Waals surface area contributed by atoms with E-state index in [9.17, 15) is 13.2 Å². The van der Waals surface area contributed by atoms with Crippen LogP contribution >= 0.6 is 0 Å². The van der Waals surface area contributed by atoms with Gasteiger partial charge >= 0.3 is 0 Å². The molecule has 7 heteroatoms. The molecule has 1 N–H and O–H groups in total. The van der Waals surface area contributed by atoms with Crippen molar-refractivity contribution >= 4 is 15.9 Å². The summed E-state index contributed by atoms with van der Waals surface area (Å²) in [6.07, 6.45) is 0. The lowest BCUT2D eigenvalue weighted by Crippen LogP contribution is -2.40. The van der Waals surface area contributed by atoms with E-state index in [1.807, 2.05) is 13.8 Å². The van der Waals surface area contributed by atoms with Gasteiger partial charge in [-0.05, 0) is 51.0 Å². The molecule has 1 aromatic carbocycles. The summed E-state index contributed by atoms with van der Waals surface area (Å²) in [4.78, 5) is 14.6. The molecule has 0 bridgehead atoms. The molecule has 0 saturated heterocycles. The third-order valence-corrected chi connectivity index (χ3v) is 5.06. The topological polar surface area (TPSA) is 75.7 Å². The summed E-state index contributed by atoms with van der Waals surface area (Å²) in [5.74, 6) is 0.204. The van der Waals surface area contributed by atoms with Crippen LogP contribution in [0.3, 0.4) is 0 Å². The Morgan fingerprint density at radius 1 is 1.20 bits per heavy atom. The summed E-state index contributed by atoms with van der Waals surface area (Å²) in [6, 6.07) is 6.04. The van der Waals surface area contributed by atoms with Gasteiger partial charge in [0.15, 0.2) is 0 Å². The van der Waals surface area contributed by atoms with Crippen LogP contribution in [0.4, 0.5) is 0 Å². The monoisotopic (exact) mass is 370 g/mol. The van der Waals surface area contributed by atoms with Gasteiger partial charge in [-0.3, -0.25) is 4.79 Å². The number of hydrogen-bond donors (Lipinski definition) is 1. The van der Waals surface area contributed by atoms with Crippen molar-refractivity contribution in [3.63, 3.8) is 0 Å². The van der Waals surface area contributed by atoms with Crippen LogP contribution in [0.1, 0.15) is 45.0 Å². The minimum Gasteiger partial charge on any atom is -0.383 e. The van der Waals surface area contributed by atoms with E-state index in [2.05, 4.69) is 4.72 Å². The van der Waals surface area contributed by atoms with Gasteiger partial charge in [-0.2, -0.15) is 0 Å². The Bertz CT molecular complexity index is 661. The van der Waals surface area contributed by atoms with Crippen molar-refractivity contribution in [3.05, 3.63) is 29.8 Å². The molecule has 1 amide bonds. The third-order valence-electron chi connectivity index (χ3n) is 3.29. The molecule has 0 fully saturated rings. The van der Waals surface area contributed by atoms with Crippen LogP contribution in [0.5, 0.6) is 0 Å². The predicted molar refractivity (Wildman–Crippen MR) is 99.1 cm³/mol. The molecular weight excluding hydrogens is 340 g/mol. The summed E-state index contributed by atoms with van der Waals surface area (Å²) in [6.45, 7) is 11.0. The van der Waals surface area contributed by atoms with Crippen LogP contribution in [0.15, 0.2) is 29.2 Å². The highest BCUT2D eigenvalue weighted by atomic mass is 32.2. The number of amides is 1. The molecule has 25 heavy (non-hydrogen) atoms. The van der Waals surface area contributed by atoms with Crippen molar-refractivity contribution in [2.45, 2.75) is 45.1 Å². The van der Waals surface area contributed by atoms with Crippen molar-refractivity contribution < 1.29 is 17.9 Å². The maximum atomic E-state index is 12.7. The van der Waals surface area contributed by atoms with E-state index >= 15 is 0 Å². The number of sulfonamides is 1. The van der Waals surface area contributed by atoms with Gasteiger partial charge in [0.25, 0.3) is 5.91 Å². The Labute approximate surface area is 151 Å². The lowest BCUT2D eigenvalue weighted by molar-refractivity contribution is 0.0672. The van der Waals surface area contributed by atoms with Crippen molar-refractivity contribution in [3.8, 4) is 0 Å². The van der Waals surface area contributed by atoms with Gasteiger partial charge in [0.05, 0.1) is 11.5 Å². The van der Waals surface area contributed by atoms with E-state index in [1.165, 1.54) is 12.1 Å². The number of nitrogens with zero attached hydrogens (tertiary/aromatic N) is 1. The number of nitrogens with one attached hydrogen (secondary N) is 1. The molecule has 0 radical (unpaired) electrons. The maximum Gasteiger partial charge on any atom is 0.253 e. The summed E-state index contributed by atoms with van der Waals surface area (Å²) >= 11 is 0. The first-order valence-corrected chi connectivity index (χ1v) is 9.87. The van der Waals surface area contributed by atoms with E-state index in [-0.39, 0.29) is 10.8 Å². The highest BCUT2D eigenvalue weighted by molar-refractivity contribution is 7.89. The molecule has 1 rings (SSSR count). The van der Waals surface area contributed by atoms with Gasteiger partial charge in [-0.15, -0.1) is 0 Å². The Hall–Kier alpha value is -1.44. The largest absolute Gasteiger partial charge is 0.383 e. The molecule has 0 atom stereocenters. The standard InChI is InChI=1S/C18H30N2O4S/c1-14(2)13-20(11-12-24-6)17(21)15-7-9-16(10-8-15)25(22,23)19-18(3,4)5/h7-10,14,19H,11-13H2,1-6H3. The number of ether oxygens (including phenoxy) is 1. The van der Waals surface area contributed by atoms with Crippen LogP contribution in [0.2, 0.25) is 0 Å². The second-order valence-electron chi connectivity index (χ2n) is 7.52. The molecule has 142 valence electrons. The highest BCUT2D eigenvalue weighted by Gasteiger charge is 2.23. The minimum atomic E-state index is -3.61. The molecule has 0 aliphatic rings. The van der Waals surface area contributed by atoms with Crippen LogP contribution < -0.4 is 4.72 Å². The molecule has 0 heterocycles. The summed E-state index contributed by atoms with van der Waals surface area (Å²) in [5, 5.41) is 0. The predicted octanol–water partition coefficient (Wildman–Crippen LogP) is 2.51. The highest BCUT2D eigenvalue weighted by Crippen LogP contribution is 2.15. The van der Waals surface area contributed by atoms with E-state index in [1.54, 1.807) is 44.9 Å². The van der Waals surface area contributed by atoms with Gasteiger partial charge in [-0.1, -0.05) is 13.8 Å². The van der Waals surface area contributed by atoms with Gasteiger partial charge < -0.3 is 9.64 Å². The average molecular weight is 371 g/mol. The first-order valence-electron chi connectivity index (χ1n) is 8.38. The average Bonchev–Trinajstić information content (AvgIpc) is 2.48. The van der Waals surface area contributed by atoms with E-state index in [4.69, 9.17) is 4.74 Å². The van der Waals surface area contributed by atoms with Crippen LogP contribution in [-0.4, -0.2) is 51.6 Å². The van der Waals surface area contributed by atoms with E-state index < -0.39 is 15.6 Å². The van der Waals surface area contributed by atoms with Gasteiger partial charge in [0.1, 0.15) is 0 Å². The summed E-state index contributed by atoms with van der Waals surface area (Å²) in [5.41, 5.74) is -0.104. The molecular formula is C18H30N2O4S. The number of carbonyl (C=O) groups is 1. The van der Waals surface area contributed by atoms with E-state index in [0.29, 0.717) is 31.2 Å². The zero-order valence-electron chi connectivity index (χ0n) is 16.0. The van der Waals surface area contributed by atoms with Crippen LogP contribution in [0, 0.1) is 5.92 Å². The number of methoxy groups -OCH3 is 1. The van der Waals surface area contributed by atoms with E-state index in [0.717, 1.165) is 0 Å². The minimum absolute atomic E-state index is 0.126. The first-order chi connectivity index (χ1) is 11.5. The number of carbonyl (C=O) groups excluding carboxylic acids is 1. The molecule has 0 aliphatic heterocycles. The number of hydrogen-bond acceptors (Lipinski definition) is 4. The zero-order chi connectivity index (χ0) is 19.3. The molecule has 0 spiro atoms. The first kappa shape index (κ1) is 21.6. The van der Waals surface area contributed by atoms with Crippen molar-refractivity contribution in [2.75, 3.05) is 26.8 Å². The lowest BCUT2D eigenvalue weighted by atomic mass is 10.1. The van der Waals surface area contributed by atoms with Gasteiger partial charge in [0, 0.05) is 31.3 Å². The second-order valence-corrected chi connectivity index (χ2v) is 9.20. The van der Waals surface area contributed by atoms with Crippen molar-refractivity contribution in [1.29, 1.82) is 0 Å². The van der Waals surface area contributed by atoms with Gasteiger partial charge in [0.2, 0.25) is 10.0 Å². The molecule has 0 aliphatic carbocycles. The summed E-state index contributed by atoms with van der Waals surface area (Å²) in [7, 11) is -2.01. The summed E-state index contributed by atoms with van der Waals surface area (Å²) < 4.78 is 32.3. The SMILES string of the molecule is COCCN(CC(C)C)C(=O)c1ccc(S(=O)(=O)NC(C)(C)C)cc1. The lowest BCUT2D eigenvalue weighted by Gasteiger charge is -2.24. The van der Waals surface area contributed by atoms with Gasteiger partial charge in [-0.25, -0.2) is 13.1 Å². The zero-order valence-corrected chi connectivity index (χ0v) is 16.8. The van der Waals surface area contributed by atoms with Crippen LogP contribution in [-0.2, 0) is 14.8 Å². The Balaban J connectivity index is 2.98. The molecule has 0 aromatic heterocycles. The fourth-order valence-corrected chi connectivity index (χ4v) is 3.76. The molecule has 0 unspecified atom stereocenters. The molecule has 0 saturated carbocycles. The second kappa shape index (κ2) is 8.78. The third kappa shape index (κ3) is 7.13. The normalized spacial score (nSPS) is 12.4. The fourth-order valence-electron chi connectivity index (χ4n) is 2.34. The molecule has 1 aromatic rings. The van der Waals surface area contributed by atoms with Crippen molar-refractivity contribution in [2.24, 2.45) is 5.92 Å². The quantitative estimate of drug-likeness (QED) is 0.763.